The largest absolute Gasteiger partial charge is 0.381 e. The number of thioether (sulfide) groups is 1. The van der Waals surface area contributed by atoms with Crippen LogP contribution >= 0.6 is 11.8 Å². The van der Waals surface area contributed by atoms with E-state index in [-0.39, 0.29) is 11.6 Å². The van der Waals surface area contributed by atoms with Crippen LogP contribution in [-0.4, -0.2) is 114 Å². The second-order valence-electron chi connectivity index (χ2n) is 23.2. The Balaban J connectivity index is -0.0000000868. The fraction of sp³-hybridized carbons (Fsp3) is 0.871. The number of rotatable bonds is 0. The van der Waals surface area contributed by atoms with Crippen molar-refractivity contribution in [3.05, 3.63) is 48.6 Å². The van der Waals surface area contributed by atoms with E-state index in [1.165, 1.54) is 205 Å². The van der Waals surface area contributed by atoms with Crippen LogP contribution in [0.3, 0.4) is 0 Å². The van der Waals surface area contributed by atoms with Crippen LogP contribution in [0.5, 0.6) is 0 Å². The highest BCUT2D eigenvalue weighted by Gasteiger charge is 2.09. The van der Waals surface area contributed by atoms with Crippen LogP contribution < -0.4 is 16.0 Å². The van der Waals surface area contributed by atoms with Gasteiger partial charge >= 0.3 is 0 Å². The Morgan fingerprint density at radius 3 is 0.762 bits per heavy atom. The van der Waals surface area contributed by atoms with Crippen molar-refractivity contribution in [2.75, 3.05) is 90.8 Å². The zero-order chi connectivity index (χ0) is 82.3. The summed E-state index contributed by atoms with van der Waals surface area (Å²) < 4.78 is 19.2. The molecule has 0 spiro atoms. The SMILES string of the molecule is C1=CCCC1.C1=CCCCC1.C1CCNC1.C1CCNCC1.C1CCOC1.C1CCSC1.C1COCN1.C1COCO1.CC.CC.CC.CC.CC.CC.CC.CC.CC.CC.CC.CC.CC1CCCC1.CC1CCCCC1.O=C1C=CCC1.O=C1C=CCCC1.O=C1CCCC1.O=C1CCCCC1. The molecule has 0 aromatic carbocycles. The van der Waals surface area contributed by atoms with E-state index >= 15 is 0 Å². The van der Waals surface area contributed by atoms with E-state index in [1.54, 1.807) is 12.2 Å². The van der Waals surface area contributed by atoms with Crippen LogP contribution in [-0.2, 0) is 38.1 Å². The molecule has 0 unspecified atom stereocenters. The molecule has 6 saturated heterocycles. The number of nitrogens with one attached hydrogen (secondary N) is 3. The smallest absolute Gasteiger partial charge is 0.155 e. The summed E-state index contributed by atoms with van der Waals surface area (Å²) in [6.45, 7) is 64.4. The number of Topliss-reactive ketones (excluding diaryl/α,β-unsaturated/α-hetero) is 2. The maximum Gasteiger partial charge on any atom is 0.155 e. The van der Waals surface area contributed by atoms with Crippen LogP contribution in [0.1, 0.15) is 430 Å². The molecule has 3 N–H and O–H groups in total. The number of hydrogen-bond acceptors (Lipinski definition) is 12. The zero-order valence-corrected chi connectivity index (χ0v) is 77.2. The average Bonchev–Trinajstić information content (AvgIpc) is 2.20. The molecule has 11 nitrogen and oxygen atoms in total. The Morgan fingerprint density at radius 2 is 0.610 bits per heavy atom. The van der Waals surface area contributed by atoms with Gasteiger partial charge in [-0.1, -0.05) is 287 Å². The van der Waals surface area contributed by atoms with Crippen molar-refractivity contribution >= 4 is 34.9 Å². The quantitative estimate of drug-likeness (QED) is 0.199. The summed E-state index contributed by atoms with van der Waals surface area (Å²) in [5, 5.41) is 9.51. The summed E-state index contributed by atoms with van der Waals surface area (Å²) in [5.74, 6) is 6.39. The van der Waals surface area contributed by atoms with Crippen molar-refractivity contribution in [1.29, 1.82) is 0 Å². The van der Waals surface area contributed by atoms with Gasteiger partial charge in [0.05, 0.1) is 26.6 Å². The standard InChI is InChI=1S/C7H14.C6H10O.C6H8O.C6H12.C6H10.C5H11N.C5H8O.C5H6O.C5H8.C4H9N.C4H8O.C4H8S.C3H7NO.C3H6O2.12C2H6/c1-7-5-3-2-4-6-7;2*7-6-4-2-1-3-5-6;1-6-4-2-3-5-6;2*1-2-4-6-5-3-1;2*6-5-3-1-2-4-5;4*1-2-4-5-3-1;2*1-2-5-3-4-1;12*1-2/h7H,2-6H2,1H3;1-5H2;2,4H,1,3,5H2;6H,2-5H2,1H3;1-2H,3-6H2;6H,1-5H2;1-4H2;1,3H,2,4H2;1-2H,3-5H2;5H,1-4H2;2*1-4H2;4H,1-3H2;1-3H2;12*1-2H3. The van der Waals surface area contributed by atoms with E-state index in [0.29, 0.717) is 18.4 Å². The first kappa shape index (κ1) is 129. The molecule has 0 aromatic heterocycles. The van der Waals surface area contributed by atoms with Crippen LogP contribution in [0.25, 0.3) is 0 Å². The van der Waals surface area contributed by atoms with Crippen molar-refractivity contribution in [1.82, 2.24) is 16.0 Å². The molecule has 0 amide bonds. The molecule has 0 bridgehead atoms. The number of carbonyl (C=O) groups excluding carboxylic acids is 4. The Kier molecular flexibility index (Phi) is 177. The number of ether oxygens (including phenoxy) is 4. The Labute approximate surface area is 666 Å². The maximum absolute atomic E-state index is 10.5. The summed E-state index contributed by atoms with van der Waals surface area (Å²) in [6, 6.07) is 0. The zero-order valence-electron chi connectivity index (χ0n) is 76.4. The van der Waals surface area contributed by atoms with Crippen LogP contribution in [0.4, 0.5) is 0 Å². The molecular formula is C93H197N3O8S. The number of ketones is 4. The summed E-state index contributed by atoms with van der Waals surface area (Å²) in [5.41, 5.74) is 0. The molecule has 4 saturated carbocycles. The number of carbonyl (C=O) groups is 4. The van der Waals surface area contributed by atoms with Gasteiger partial charge in [-0.05, 0) is 203 Å². The second kappa shape index (κ2) is 144. The predicted molar refractivity (Wildman–Crippen MR) is 481 cm³/mol. The lowest BCUT2D eigenvalue weighted by Crippen LogP contribution is -2.21. The average molecular weight is 1520 g/mol. The van der Waals surface area contributed by atoms with Crippen molar-refractivity contribution in [3.63, 3.8) is 0 Å². The number of allylic oxidation sites excluding steroid dienone is 8. The molecule has 0 aromatic rings. The normalized spacial score (nSPS) is 18.4. The monoisotopic (exact) mass is 1520 g/mol. The third-order valence-corrected chi connectivity index (χ3v) is 16.3. The van der Waals surface area contributed by atoms with Crippen LogP contribution in [0.2, 0.25) is 0 Å². The molecule has 6 heterocycles. The second-order valence-corrected chi connectivity index (χ2v) is 24.4. The fourth-order valence-corrected chi connectivity index (χ4v) is 10.8. The lowest BCUT2D eigenvalue weighted by atomic mass is 9.91. The summed E-state index contributed by atoms with van der Waals surface area (Å²) in [7, 11) is 0. The molecule has 105 heavy (non-hydrogen) atoms. The van der Waals surface area contributed by atoms with Gasteiger partial charge in [0.1, 0.15) is 18.4 Å². The minimum atomic E-state index is 0.273. The Hall–Kier alpha value is -2.29. The van der Waals surface area contributed by atoms with Gasteiger partial charge in [0.25, 0.3) is 0 Å². The summed E-state index contributed by atoms with van der Waals surface area (Å²) in [4.78, 5) is 41.2. The first-order valence-corrected chi connectivity index (χ1v) is 46.7. The number of hydrogen-bond donors (Lipinski definition) is 3. The van der Waals surface area contributed by atoms with Gasteiger partial charge in [0.2, 0.25) is 0 Å². The Bertz CT molecular complexity index is 1370. The van der Waals surface area contributed by atoms with Gasteiger partial charge in [-0.15, -0.1) is 0 Å². The molecule has 14 rings (SSSR count). The molecular weight excluding hydrogens is 1320 g/mol. The highest BCUT2D eigenvalue weighted by Crippen LogP contribution is 2.23. The lowest BCUT2D eigenvalue weighted by molar-refractivity contribution is -0.120. The molecule has 14 aliphatic rings. The summed E-state index contributed by atoms with van der Waals surface area (Å²) in [6.07, 6.45) is 65.3. The van der Waals surface area contributed by atoms with Crippen LogP contribution in [0.15, 0.2) is 48.6 Å². The van der Waals surface area contributed by atoms with E-state index in [9.17, 15) is 19.2 Å². The van der Waals surface area contributed by atoms with E-state index in [1.807, 2.05) is 178 Å². The van der Waals surface area contributed by atoms with E-state index in [2.05, 4.69) is 65.9 Å². The Morgan fingerprint density at radius 1 is 0.276 bits per heavy atom. The van der Waals surface area contributed by atoms with Gasteiger partial charge in [-0.2, -0.15) is 11.8 Å². The molecule has 638 valence electrons. The first-order valence-electron chi connectivity index (χ1n) is 45.6. The maximum atomic E-state index is 10.5. The highest BCUT2D eigenvalue weighted by atomic mass is 32.2. The van der Waals surface area contributed by atoms with Crippen molar-refractivity contribution in [2.45, 2.75) is 430 Å². The molecule has 12 heteroatoms. The van der Waals surface area contributed by atoms with Crippen molar-refractivity contribution < 1.29 is 38.1 Å². The minimum Gasteiger partial charge on any atom is -0.381 e. The van der Waals surface area contributed by atoms with Crippen molar-refractivity contribution in [3.8, 4) is 0 Å². The third-order valence-electron chi connectivity index (χ3n) is 15.1. The molecule has 6 aliphatic heterocycles. The molecule has 0 radical (unpaired) electrons. The fourth-order valence-electron chi connectivity index (χ4n) is 9.82. The van der Waals surface area contributed by atoms with Crippen LogP contribution in [0, 0.1) is 11.8 Å². The van der Waals surface area contributed by atoms with E-state index < -0.39 is 0 Å². The summed E-state index contributed by atoms with van der Waals surface area (Å²) >= 11 is 2.07. The third kappa shape index (κ3) is 141. The lowest BCUT2D eigenvalue weighted by Gasteiger charge is -2.15. The highest BCUT2D eigenvalue weighted by molar-refractivity contribution is 7.99. The molecule has 8 aliphatic carbocycles. The van der Waals surface area contributed by atoms with Crippen molar-refractivity contribution in [2.24, 2.45) is 11.8 Å². The molecule has 10 fully saturated rings. The topological polar surface area (TPSA) is 141 Å². The minimum absolute atomic E-state index is 0.273. The number of piperidine rings is 1. The van der Waals surface area contributed by atoms with Gasteiger partial charge in [-0.3, -0.25) is 24.5 Å². The predicted octanol–water partition coefficient (Wildman–Crippen LogP) is 28.8. The van der Waals surface area contributed by atoms with Gasteiger partial charge in [0, 0.05) is 58.3 Å². The van der Waals surface area contributed by atoms with E-state index in [0.717, 1.165) is 142 Å². The first-order chi connectivity index (χ1) is 51.9. The van der Waals surface area contributed by atoms with Gasteiger partial charge < -0.3 is 29.6 Å². The van der Waals surface area contributed by atoms with Gasteiger partial charge in [0.15, 0.2) is 11.6 Å². The van der Waals surface area contributed by atoms with Gasteiger partial charge in [-0.25, -0.2) is 0 Å². The molecule has 0 atom stereocenters. The van der Waals surface area contributed by atoms with E-state index in [4.69, 9.17) is 18.9 Å².